The number of amidine groups is 1. The van der Waals surface area contributed by atoms with Crippen molar-refractivity contribution < 1.29 is 13.9 Å². The minimum absolute atomic E-state index is 0.240. The van der Waals surface area contributed by atoms with Crippen LogP contribution in [-0.4, -0.2) is 26.2 Å². The van der Waals surface area contributed by atoms with E-state index in [4.69, 9.17) is 20.2 Å². The van der Waals surface area contributed by atoms with Gasteiger partial charge in [-0.05, 0) is 60.9 Å². The minimum atomic E-state index is -0.949. The van der Waals surface area contributed by atoms with E-state index in [1.54, 1.807) is 19.2 Å². The van der Waals surface area contributed by atoms with Crippen molar-refractivity contribution in [2.24, 2.45) is 4.99 Å². The van der Waals surface area contributed by atoms with Crippen molar-refractivity contribution in [1.29, 1.82) is 0 Å². The Hall–Kier alpha value is -4.16. The maximum absolute atomic E-state index is 15.0. The lowest BCUT2D eigenvalue weighted by atomic mass is 9.76. The van der Waals surface area contributed by atoms with Crippen LogP contribution >= 0.6 is 0 Å². The Kier molecular flexibility index (Phi) is 6.91. The third kappa shape index (κ3) is 4.75. The molecule has 4 aromatic carbocycles. The van der Waals surface area contributed by atoms with E-state index in [2.05, 4.69) is 60.8 Å². The monoisotopic (exact) mass is 509 g/mol. The normalized spacial score (nSPS) is 18.8. The van der Waals surface area contributed by atoms with Crippen molar-refractivity contribution in [1.82, 2.24) is 5.32 Å². The first-order valence-corrected chi connectivity index (χ1v) is 12.6. The maximum atomic E-state index is 15.0. The van der Waals surface area contributed by atoms with E-state index < -0.39 is 11.1 Å². The first-order valence-electron chi connectivity index (χ1n) is 12.6. The summed E-state index contributed by atoms with van der Waals surface area (Å²) >= 11 is 0. The molecule has 0 saturated carbocycles. The number of nitrogens with one attached hydrogen (secondary N) is 1. The van der Waals surface area contributed by atoms with E-state index in [0.29, 0.717) is 17.1 Å². The average molecular weight is 510 g/mol. The summed E-state index contributed by atoms with van der Waals surface area (Å²) in [5.74, 6) is 1.02. The highest BCUT2D eigenvalue weighted by atomic mass is 19.1. The highest BCUT2D eigenvalue weighted by Crippen LogP contribution is 2.39. The second-order valence-corrected chi connectivity index (χ2v) is 9.90. The summed E-state index contributed by atoms with van der Waals surface area (Å²) in [6.07, 6.45) is 0. The number of nitrogens with two attached hydrogens (primary N) is 1. The molecule has 0 aliphatic carbocycles. The number of hydrogen-bond acceptors (Lipinski definition) is 5. The zero-order chi connectivity index (χ0) is 26.8. The molecule has 1 aliphatic rings. The predicted molar refractivity (Wildman–Crippen MR) is 150 cm³/mol. The van der Waals surface area contributed by atoms with Crippen molar-refractivity contribution >= 4 is 11.5 Å². The lowest BCUT2D eigenvalue weighted by Gasteiger charge is -2.40. The standard InChI is InChI=1S/C32H32FN3O2/c1-22-9-11-24(12-10-22)32(23-7-5-4-6-8-23,25-13-16-27(37-3)17-14-25)36-30-20-38-21-31(2,35-30)28-19-26(34)15-18-29(28)33/h4-19H,20-21,34H2,1-3H3,(H,35,36). The van der Waals surface area contributed by atoms with E-state index in [9.17, 15) is 4.39 Å². The Labute approximate surface area is 223 Å². The molecule has 2 unspecified atom stereocenters. The number of benzene rings is 4. The zero-order valence-electron chi connectivity index (χ0n) is 21.9. The van der Waals surface area contributed by atoms with Crippen molar-refractivity contribution in [3.8, 4) is 5.75 Å². The van der Waals surface area contributed by atoms with Crippen LogP contribution in [0.1, 0.15) is 34.7 Å². The Morgan fingerprint density at radius 3 is 2.21 bits per heavy atom. The van der Waals surface area contributed by atoms with Gasteiger partial charge < -0.3 is 20.5 Å². The SMILES string of the molecule is COc1ccc(C(NC2=NC(C)(c3cc(N)ccc3F)COC2)(c2ccccc2)c2ccc(C)cc2)cc1. The van der Waals surface area contributed by atoms with Gasteiger partial charge in [0.1, 0.15) is 35.1 Å². The van der Waals surface area contributed by atoms with Crippen LogP contribution in [0.2, 0.25) is 0 Å². The molecule has 0 radical (unpaired) electrons. The van der Waals surface area contributed by atoms with Crippen LogP contribution < -0.4 is 15.8 Å². The molecule has 1 heterocycles. The number of aryl methyl sites for hydroxylation is 1. The first kappa shape index (κ1) is 25.5. The Morgan fingerprint density at radius 1 is 0.921 bits per heavy atom. The molecule has 0 spiro atoms. The summed E-state index contributed by atoms with van der Waals surface area (Å²) in [7, 11) is 1.65. The van der Waals surface area contributed by atoms with Crippen molar-refractivity contribution in [2.75, 3.05) is 26.1 Å². The lowest BCUT2D eigenvalue weighted by Crippen LogP contribution is -2.51. The van der Waals surface area contributed by atoms with Gasteiger partial charge in [-0.25, -0.2) is 4.39 Å². The highest BCUT2D eigenvalue weighted by Gasteiger charge is 2.40. The van der Waals surface area contributed by atoms with E-state index in [1.807, 2.05) is 37.3 Å². The fourth-order valence-electron chi connectivity index (χ4n) is 5.13. The van der Waals surface area contributed by atoms with Crippen LogP contribution in [0.5, 0.6) is 5.75 Å². The molecule has 0 bridgehead atoms. The molecule has 0 saturated heterocycles. The summed E-state index contributed by atoms with van der Waals surface area (Å²) in [4.78, 5) is 5.06. The Morgan fingerprint density at radius 2 is 1.55 bits per heavy atom. The molecule has 194 valence electrons. The Balaban J connectivity index is 1.71. The van der Waals surface area contributed by atoms with Gasteiger partial charge in [0.05, 0.1) is 13.7 Å². The van der Waals surface area contributed by atoms with Gasteiger partial charge in [-0.3, -0.25) is 4.99 Å². The summed E-state index contributed by atoms with van der Waals surface area (Å²) in [5.41, 5.74) is 9.36. The molecule has 3 N–H and O–H groups in total. The van der Waals surface area contributed by atoms with Gasteiger partial charge in [-0.2, -0.15) is 0 Å². The fraction of sp³-hybridized carbons (Fsp3) is 0.219. The summed E-state index contributed by atoms with van der Waals surface area (Å²) in [6, 6.07) is 31.3. The van der Waals surface area contributed by atoms with Crippen molar-refractivity contribution in [3.63, 3.8) is 0 Å². The molecule has 6 heteroatoms. The first-order chi connectivity index (χ1) is 18.3. The quantitative estimate of drug-likeness (QED) is 0.249. The van der Waals surface area contributed by atoms with Gasteiger partial charge in [0.25, 0.3) is 0 Å². The molecule has 2 atom stereocenters. The third-order valence-corrected chi connectivity index (χ3v) is 7.12. The molecule has 1 aliphatic heterocycles. The highest BCUT2D eigenvalue weighted by molar-refractivity contribution is 5.87. The zero-order valence-corrected chi connectivity index (χ0v) is 21.9. The van der Waals surface area contributed by atoms with Gasteiger partial charge in [-0.15, -0.1) is 0 Å². The van der Waals surface area contributed by atoms with Crippen LogP contribution in [0.15, 0.2) is 102 Å². The van der Waals surface area contributed by atoms with Crippen LogP contribution in [0, 0.1) is 12.7 Å². The van der Waals surface area contributed by atoms with E-state index >= 15 is 0 Å². The number of nitrogens with zero attached hydrogens (tertiary/aromatic N) is 1. The second kappa shape index (κ2) is 10.3. The van der Waals surface area contributed by atoms with Gasteiger partial charge in [0.15, 0.2) is 0 Å². The molecule has 5 nitrogen and oxygen atoms in total. The fourth-order valence-corrected chi connectivity index (χ4v) is 5.13. The number of halogens is 1. The number of nitrogen functional groups attached to an aromatic ring is 1. The molecule has 5 rings (SSSR count). The number of hydrogen-bond donors (Lipinski definition) is 2. The van der Waals surface area contributed by atoms with E-state index in [0.717, 1.165) is 28.0 Å². The van der Waals surface area contributed by atoms with E-state index in [-0.39, 0.29) is 19.0 Å². The molecule has 38 heavy (non-hydrogen) atoms. The molecule has 0 fully saturated rings. The van der Waals surface area contributed by atoms with Crippen LogP contribution in [0.3, 0.4) is 0 Å². The number of methoxy groups -OCH3 is 1. The van der Waals surface area contributed by atoms with Crippen molar-refractivity contribution in [3.05, 3.63) is 131 Å². The topological polar surface area (TPSA) is 68.9 Å². The molecular formula is C32H32FN3O2. The summed E-state index contributed by atoms with van der Waals surface area (Å²) in [6.45, 7) is 4.44. The van der Waals surface area contributed by atoms with Crippen LogP contribution in [0.4, 0.5) is 10.1 Å². The minimum Gasteiger partial charge on any atom is -0.497 e. The van der Waals surface area contributed by atoms with Gasteiger partial charge in [-0.1, -0.05) is 72.3 Å². The third-order valence-electron chi connectivity index (χ3n) is 7.12. The summed E-state index contributed by atoms with van der Waals surface area (Å²) < 4.78 is 26.4. The molecule has 4 aromatic rings. The van der Waals surface area contributed by atoms with Gasteiger partial charge in [0, 0.05) is 11.3 Å². The van der Waals surface area contributed by atoms with Gasteiger partial charge in [0.2, 0.25) is 0 Å². The van der Waals surface area contributed by atoms with Crippen LogP contribution in [-0.2, 0) is 15.8 Å². The van der Waals surface area contributed by atoms with E-state index in [1.165, 1.54) is 6.07 Å². The number of anilines is 1. The lowest BCUT2D eigenvalue weighted by molar-refractivity contribution is 0.101. The molecule has 0 amide bonds. The number of aliphatic imine (C=N–C) groups is 1. The molecule has 0 aromatic heterocycles. The smallest absolute Gasteiger partial charge is 0.129 e. The maximum Gasteiger partial charge on any atom is 0.129 e. The predicted octanol–water partition coefficient (Wildman–Crippen LogP) is 5.95. The number of ether oxygens (including phenoxy) is 2. The second-order valence-electron chi connectivity index (χ2n) is 9.90. The summed E-state index contributed by atoms with van der Waals surface area (Å²) in [5, 5.41) is 3.76. The average Bonchev–Trinajstić information content (AvgIpc) is 2.94. The molecular weight excluding hydrogens is 477 g/mol. The number of rotatable bonds is 6. The van der Waals surface area contributed by atoms with Gasteiger partial charge >= 0.3 is 0 Å². The van der Waals surface area contributed by atoms with Crippen molar-refractivity contribution in [2.45, 2.75) is 24.9 Å². The largest absolute Gasteiger partial charge is 0.497 e. The van der Waals surface area contributed by atoms with Crippen LogP contribution in [0.25, 0.3) is 0 Å². The Bertz CT molecular complexity index is 1440.